The summed E-state index contributed by atoms with van der Waals surface area (Å²) in [7, 11) is -0.524. The lowest BCUT2D eigenvalue weighted by molar-refractivity contribution is 0.464. The normalized spacial score (nSPS) is 26.4. The van der Waals surface area contributed by atoms with Gasteiger partial charge in [0.1, 0.15) is 0 Å². The van der Waals surface area contributed by atoms with Crippen molar-refractivity contribution in [1.29, 1.82) is 0 Å². The van der Waals surface area contributed by atoms with Gasteiger partial charge < -0.3 is 5.32 Å². The van der Waals surface area contributed by atoms with Crippen LogP contribution in [0.5, 0.6) is 0 Å². The van der Waals surface area contributed by atoms with Crippen LogP contribution in [0.15, 0.2) is 12.7 Å². The molecular formula is C12H23NOS. The standard InChI is InChI=1S/C12H23NOS/c1-2-3-4-5-6-9-13-12-7-10-15(14)11-8-12/h2,12-13H,1,3-11H2. The van der Waals surface area contributed by atoms with Gasteiger partial charge in [-0.2, -0.15) is 0 Å². The van der Waals surface area contributed by atoms with Crippen LogP contribution in [0.3, 0.4) is 0 Å². The molecule has 0 bridgehead atoms. The van der Waals surface area contributed by atoms with Crippen molar-refractivity contribution in [1.82, 2.24) is 5.32 Å². The second kappa shape index (κ2) is 8.05. The fourth-order valence-corrected chi connectivity index (χ4v) is 3.19. The number of rotatable bonds is 7. The smallest absolute Gasteiger partial charge is 0.0249 e. The molecule has 0 aromatic heterocycles. The molecule has 0 unspecified atom stereocenters. The highest BCUT2D eigenvalue weighted by atomic mass is 32.2. The molecule has 1 fully saturated rings. The highest BCUT2D eigenvalue weighted by Gasteiger charge is 2.16. The topological polar surface area (TPSA) is 29.1 Å². The van der Waals surface area contributed by atoms with Gasteiger partial charge in [0.15, 0.2) is 0 Å². The summed E-state index contributed by atoms with van der Waals surface area (Å²) in [6.45, 7) is 4.83. The van der Waals surface area contributed by atoms with Crippen LogP contribution in [0.25, 0.3) is 0 Å². The first-order chi connectivity index (χ1) is 7.33. The first kappa shape index (κ1) is 12.9. The van der Waals surface area contributed by atoms with Crippen LogP contribution >= 0.6 is 0 Å². The second-order valence-electron chi connectivity index (χ2n) is 4.21. The molecule has 0 spiro atoms. The second-order valence-corrected chi connectivity index (χ2v) is 5.91. The number of nitrogens with one attached hydrogen (secondary N) is 1. The van der Waals surface area contributed by atoms with Gasteiger partial charge in [0.05, 0.1) is 0 Å². The van der Waals surface area contributed by atoms with Crippen molar-refractivity contribution in [3.63, 3.8) is 0 Å². The van der Waals surface area contributed by atoms with E-state index >= 15 is 0 Å². The van der Waals surface area contributed by atoms with Crippen LogP contribution in [0.2, 0.25) is 0 Å². The van der Waals surface area contributed by atoms with Crippen molar-refractivity contribution < 1.29 is 4.21 Å². The molecule has 15 heavy (non-hydrogen) atoms. The Kier molecular flexibility index (Phi) is 6.94. The molecule has 1 heterocycles. The van der Waals surface area contributed by atoms with Gasteiger partial charge in [0.2, 0.25) is 0 Å². The zero-order chi connectivity index (χ0) is 10.9. The molecule has 0 atom stereocenters. The average molecular weight is 229 g/mol. The minimum Gasteiger partial charge on any atom is -0.314 e. The van der Waals surface area contributed by atoms with Crippen molar-refractivity contribution >= 4 is 10.8 Å². The van der Waals surface area contributed by atoms with E-state index in [0.29, 0.717) is 6.04 Å². The molecule has 1 N–H and O–H groups in total. The predicted octanol–water partition coefficient (Wildman–Crippen LogP) is 2.23. The molecule has 0 aliphatic carbocycles. The van der Waals surface area contributed by atoms with Crippen molar-refractivity contribution in [2.75, 3.05) is 18.1 Å². The lowest BCUT2D eigenvalue weighted by atomic mass is 10.1. The molecule has 0 aromatic carbocycles. The van der Waals surface area contributed by atoms with Gasteiger partial charge >= 0.3 is 0 Å². The maximum atomic E-state index is 11.1. The summed E-state index contributed by atoms with van der Waals surface area (Å²) in [5.41, 5.74) is 0. The van der Waals surface area contributed by atoms with Crippen molar-refractivity contribution in [2.45, 2.75) is 44.6 Å². The lowest BCUT2D eigenvalue weighted by Crippen LogP contribution is -2.36. The molecule has 0 amide bonds. The first-order valence-corrected chi connectivity index (χ1v) is 7.51. The van der Waals surface area contributed by atoms with E-state index in [-0.39, 0.29) is 0 Å². The van der Waals surface area contributed by atoms with Gasteiger partial charge in [-0.1, -0.05) is 12.5 Å². The zero-order valence-corrected chi connectivity index (χ0v) is 10.4. The van der Waals surface area contributed by atoms with Gasteiger partial charge in [0, 0.05) is 28.3 Å². The largest absolute Gasteiger partial charge is 0.314 e. The Bertz CT molecular complexity index is 196. The van der Waals surface area contributed by atoms with E-state index in [0.717, 1.165) is 37.3 Å². The summed E-state index contributed by atoms with van der Waals surface area (Å²) in [5, 5.41) is 3.56. The SMILES string of the molecule is C=CCCCCCNC1CCS(=O)CC1. The minimum absolute atomic E-state index is 0.524. The third-order valence-corrected chi connectivity index (χ3v) is 4.29. The number of unbranched alkanes of at least 4 members (excludes halogenated alkanes) is 3. The van der Waals surface area contributed by atoms with Crippen LogP contribution in [-0.4, -0.2) is 28.3 Å². The summed E-state index contributed by atoms with van der Waals surface area (Å²) in [5.74, 6) is 1.79. The number of hydrogen-bond acceptors (Lipinski definition) is 2. The van der Waals surface area contributed by atoms with E-state index < -0.39 is 10.8 Å². The van der Waals surface area contributed by atoms with Crippen LogP contribution in [0, 0.1) is 0 Å². The summed E-state index contributed by atoms with van der Waals surface area (Å²) in [4.78, 5) is 0. The summed E-state index contributed by atoms with van der Waals surface area (Å²) in [6.07, 6.45) is 9.13. The third-order valence-electron chi connectivity index (χ3n) is 2.91. The Morgan fingerprint density at radius 1 is 1.27 bits per heavy atom. The van der Waals surface area contributed by atoms with Crippen molar-refractivity contribution in [2.24, 2.45) is 0 Å². The average Bonchev–Trinajstić information content (AvgIpc) is 2.26. The third kappa shape index (κ3) is 6.10. The molecule has 0 saturated carbocycles. The molecule has 3 heteroatoms. The van der Waals surface area contributed by atoms with Crippen LogP contribution in [-0.2, 0) is 10.8 Å². The van der Waals surface area contributed by atoms with Crippen molar-refractivity contribution in [3.05, 3.63) is 12.7 Å². The number of hydrogen-bond donors (Lipinski definition) is 1. The fourth-order valence-electron chi connectivity index (χ4n) is 1.89. The van der Waals surface area contributed by atoms with E-state index in [1.54, 1.807) is 0 Å². The number of allylic oxidation sites excluding steroid dienone is 1. The Labute approximate surface area is 96.0 Å². The summed E-state index contributed by atoms with van der Waals surface area (Å²) < 4.78 is 11.1. The fraction of sp³-hybridized carbons (Fsp3) is 0.833. The molecular weight excluding hydrogens is 206 g/mol. The van der Waals surface area contributed by atoms with E-state index in [1.807, 2.05) is 6.08 Å². The lowest BCUT2D eigenvalue weighted by Gasteiger charge is -2.22. The minimum atomic E-state index is -0.524. The first-order valence-electron chi connectivity index (χ1n) is 6.02. The Balaban J connectivity index is 1.91. The van der Waals surface area contributed by atoms with E-state index in [4.69, 9.17) is 0 Å². The Hall–Kier alpha value is -0.150. The van der Waals surface area contributed by atoms with E-state index in [9.17, 15) is 4.21 Å². The molecule has 1 rings (SSSR count). The molecule has 88 valence electrons. The highest BCUT2D eigenvalue weighted by molar-refractivity contribution is 7.85. The van der Waals surface area contributed by atoms with Gasteiger partial charge in [-0.05, 0) is 38.6 Å². The Morgan fingerprint density at radius 3 is 2.67 bits per heavy atom. The van der Waals surface area contributed by atoms with Crippen molar-refractivity contribution in [3.8, 4) is 0 Å². The molecule has 0 radical (unpaired) electrons. The summed E-state index contributed by atoms with van der Waals surface area (Å²) >= 11 is 0. The highest BCUT2D eigenvalue weighted by Crippen LogP contribution is 2.09. The molecule has 0 aromatic rings. The van der Waals surface area contributed by atoms with Gasteiger partial charge in [-0.3, -0.25) is 4.21 Å². The van der Waals surface area contributed by atoms with E-state index in [2.05, 4.69) is 11.9 Å². The maximum absolute atomic E-state index is 11.1. The van der Waals surface area contributed by atoms with Gasteiger partial charge in [-0.15, -0.1) is 6.58 Å². The van der Waals surface area contributed by atoms with Gasteiger partial charge in [0.25, 0.3) is 0 Å². The van der Waals surface area contributed by atoms with Gasteiger partial charge in [-0.25, -0.2) is 0 Å². The van der Waals surface area contributed by atoms with Crippen LogP contribution in [0.4, 0.5) is 0 Å². The molecule has 1 aliphatic rings. The maximum Gasteiger partial charge on any atom is 0.0249 e. The molecule has 1 aliphatic heterocycles. The van der Waals surface area contributed by atoms with Crippen LogP contribution < -0.4 is 5.32 Å². The summed E-state index contributed by atoms with van der Waals surface area (Å²) in [6, 6.07) is 0.627. The van der Waals surface area contributed by atoms with Crippen LogP contribution in [0.1, 0.15) is 38.5 Å². The Morgan fingerprint density at radius 2 is 2.00 bits per heavy atom. The van der Waals surface area contributed by atoms with E-state index in [1.165, 1.54) is 19.3 Å². The monoisotopic (exact) mass is 229 g/mol. The quantitative estimate of drug-likeness (QED) is 0.536. The molecule has 2 nitrogen and oxygen atoms in total. The zero-order valence-electron chi connectivity index (χ0n) is 9.54. The molecule has 1 saturated heterocycles. The predicted molar refractivity (Wildman–Crippen MR) is 67.6 cm³/mol.